The van der Waals surface area contributed by atoms with Gasteiger partial charge in [0.2, 0.25) is 5.91 Å². The van der Waals surface area contributed by atoms with Crippen LogP contribution in [0.5, 0.6) is 0 Å². The summed E-state index contributed by atoms with van der Waals surface area (Å²) in [6.45, 7) is 7.76. The number of benzene rings is 1. The molecule has 0 saturated heterocycles. The first-order chi connectivity index (χ1) is 10.1. The third-order valence-electron chi connectivity index (χ3n) is 3.61. The Morgan fingerprint density at radius 1 is 1.33 bits per heavy atom. The third-order valence-corrected chi connectivity index (χ3v) is 3.61. The number of aryl methyl sites for hydroxylation is 2. The molecule has 0 bridgehead atoms. The molecule has 0 unspecified atom stereocenters. The summed E-state index contributed by atoms with van der Waals surface area (Å²) in [6.07, 6.45) is 2.97. The fourth-order valence-corrected chi connectivity index (χ4v) is 2.46. The second-order valence-electron chi connectivity index (χ2n) is 5.94. The molecule has 4 heteroatoms. The Labute approximate surface area is 126 Å². The number of fused-ring (bicyclic) bond motifs is 1. The highest BCUT2D eigenvalue weighted by atomic mass is 16.1. The van der Waals surface area contributed by atoms with Crippen molar-refractivity contribution in [1.82, 2.24) is 14.9 Å². The van der Waals surface area contributed by atoms with E-state index in [4.69, 9.17) is 4.98 Å². The van der Waals surface area contributed by atoms with Crippen molar-refractivity contribution in [2.75, 3.05) is 6.54 Å². The van der Waals surface area contributed by atoms with E-state index >= 15 is 0 Å². The highest BCUT2D eigenvalue weighted by molar-refractivity contribution is 5.76. The topological polar surface area (TPSA) is 46.9 Å². The van der Waals surface area contributed by atoms with Crippen molar-refractivity contribution in [2.24, 2.45) is 5.92 Å². The minimum Gasteiger partial charge on any atom is -0.356 e. The van der Waals surface area contributed by atoms with Gasteiger partial charge in [-0.3, -0.25) is 4.79 Å². The Hall–Kier alpha value is -1.84. The van der Waals surface area contributed by atoms with Crippen molar-refractivity contribution in [3.05, 3.63) is 30.1 Å². The van der Waals surface area contributed by atoms with E-state index in [0.717, 1.165) is 37.1 Å². The lowest BCUT2D eigenvalue weighted by Crippen LogP contribution is -2.21. The van der Waals surface area contributed by atoms with Crippen molar-refractivity contribution >= 4 is 16.9 Å². The molecule has 2 aromatic rings. The molecular formula is C17H25N3O. The molecule has 114 valence electrons. The van der Waals surface area contributed by atoms with Crippen LogP contribution in [-0.4, -0.2) is 22.0 Å². The van der Waals surface area contributed by atoms with E-state index in [1.54, 1.807) is 6.92 Å². The van der Waals surface area contributed by atoms with Gasteiger partial charge in [-0.25, -0.2) is 4.98 Å². The largest absolute Gasteiger partial charge is 0.356 e. The first kappa shape index (κ1) is 15.5. The van der Waals surface area contributed by atoms with Gasteiger partial charge in [0.1, 0.15) is 5.82 Å². The molecule has 2 rings (SSSR count). The zero-order valence-corrected chi connectivity index (χ0v) is 13.2. The normalized spacial score (nSPS) is 11.2. The number of carbonyl (C=O) groups excluding carboxylic acids is 1. The van der Waals surface area contributed by atoms with Gasteiger partial charge < -0.3 is 9.88 Å². The van der Waals surface area contributed by atoms with Gasteiger partial charge in [0, 0.05) is 26.4 Å². The number of carbonyl (C=O) groups is 1. The lowest BCUT2D eigenvalue weighted by Gasteiger charge is -2.11. The summed E-state index contributed by atoms with van der Waals surface area (Å²) in [5.41, 5.74) is 2.28. The predicted octanol–water partition coefficient (Wildman–Crippen LogP) is 3.15. The van der Waals surface area contributed by atoms with Crippen LogP contribution in [0.1, 0.15) is 39.4 Å². The Kier molecular flexibility index (Phi) is 5.37. The number of nitrogens with zero attached hydrogens (tertiary/aromatic N) is 2. The SMILES string of the molecule is CC(=O)NCCCc1nc2ccccc2n1CCC(C)C. The van der Waals surface area contributed by atoms with Crippen LogP contribution in [0, 0.1) is 5.92 Å². The highest BCUT2D eigenvalue weighted by Crippen LogP contribution is 2.18. The second-order valence-corrected chi connectivity index (χ2v) is 5.94. The molecule has 0 atom stereocenters. The number of imidazole rings is 1. The lowest BCUT2D eigenvalue weighted by atomic mass is 10.1. The average Bonchev–Trinajstić information content (AvgIpc) is 2.78. The van der Waals surface area contributed by atoms with E-state index in [2.05, 4.69) is 41.9 Å². The van der Waals surface area contributed by atoms with Crippen LogP contribution < -0.4 is 5.32 Å². The Bertz CT molecular complexity index is 601. The molecular weight excluding hydrogens is 262 g/mol. The van der Waals surface area contributed by atoms with Crippen LogP contribution in [-0.2, 0) is 17.8 Å². The van der Waals surface area contributed by atoms with Crippen molar-refractivity contribution in [3.63, 3.8) is 0 Å². The van der Waals surface area contributed by atoms with E-state index in [-0.39, 0.29) is 5.91 Å². The number of para-hydroxylation sites is 2. The molecule has 0 spiro atoms. The molecule has 0 saturated carbocycles. The average molecular weight is 287 g/mol. The van der Waals surface area contributed by atoms with E-state index in [1.165, 1.54) is 5.52 Å². The Balaban J connectivity index is 2.12. The van der Waals surface area contributed by atoms with Gasteiger partial charge in [-0.2, -0.15) is 0 Å². The quantitative estimate of drug-likeness (QED) is 0.795. The summed E-state index contributed by atoms with van der Waals surface area (Å²) in [7, 11) is 0. The van der Waals surface area contributed by atoms with Crippen molar-refractivity contribution in [3.8, 4) is 0 Å². The Morgan fingerprint density at radius 3 is 2.81 bits per heavy atom. The van der Waals surface area contributed by atoms with Gasteiger partial charge in [0.05, 0.1) is 11.0 Å². The van der Waals surface area contributed by atoms with Gasteiger partial charge in [-0.05, 0) is 30.9 Å². The zero-order chi connectivity index (χ0) is 15.2. The van der Waals surface area contributed by atoms with E-state index in [0.29, 0.717) is 12.5 Å². The summed E-state index contributed by atoms with van der Waals surface area (Å²) < 4.78 is 2.34. The van der Waals surface area contributed by atoms with Crippen LogP contribution in [0.4, 0.5) is 0 Å². The van der Waals surface area contributed by atoms with Crippen LogP contribution in [0.3, 0.4) is 0 Å². The molecule has 1 aromatic heterocycles. The Morgan fingerprint density at radius 2 is 2.10 bits per heavy atom. The molecule has 1 amide bonds. The number of hydrogen-bond acceptors (Lipinski definition) is 2. The lowest BCUT2D eigenvalue weighted by molar-refractivity contribution is -0.118. The maximum Gasteiger partial charge on any atom is 0.216 e. The summed E-state index contributed by atoms with van der Waals surface area (Å²) in [6, 6.07) is 8.30. The van der Waals surface area contributed by atoms with Gasteiger partial charge in [0.25, 0.3) is 0 Å². The van der Waals surface area contributed by atoms with E-state index in [9.17, 15) is 4.79 Å². The fourth-order valence-electron chi connectivity index (χ4n) is 2.46. The predicted molar refractivity (Wildman–Crippen MR) is 86.2 cm³/mol. The monoisotopic (exact) mass is 287 g/mol. The maximum absolute atomic E-state index is 10.9. The molecule has 0 aliphatic rings. The highest BCUT2D eigenvalue weighted by Gasteiger charge is 2.10. The second kappa shape index (κ2) is 7.25. The van der Waals surface area contributed by atoms with Crippen LogP contribution in [0.15, 0.2) is 24.3 Å². The standard InChI is InChI=1S/C17H25N3O/c1-13(2)10-12-20-16-8-5-4-7-15(16)19-17(20)9-6-11-18-14(3)21/h4-5,7-8,13H,6,9-12H2,1-3H3,(H,18,21). The summed E-state index contributed by atoms with van der Waals surface area (Å²) >= 11 is 0. The smallest absolute Gasteiger partial charge is 0.216 e. The van der Waals surface area contributed by atoms with Gasteiger partial charge >= 0.3 is 0 Å². The zero-order valence-electron chi connectivity index (χ0n) is 13.2. The minimum atomic E-state index is 0.0308. The van der Waals surface area contributed by atoms with Crippen molar-refractivity contribution < 1.29 is 4.79 Å². The first-order valence-electron chi connectivity index (χ1n) is 7.76. The molecule has 0 aliphatic carbocycles. The van der Waals surface area contributed by atoms with E-state index in [1.807, 2.05) is 6.07 Å². The molecule has 0 radical (unpaired) electrons. The number of hydrogen-bond donors (Lipinski definition) is 1. The molecule has 1 heterocycles. The van der Waals surface area contributed by atoms with Gasteiger partial charge in [-0.1, -0.05) is 26.0 Å². The minimum absolute atomic E-state index is 0.0308. The number of nitrogens with one attached hydrogen (secondary N) is 1. The summed E-state index contributed by atoms with van der Waals surface area (Å²) in [4.78, 5) is 15.7. The fraction of sp³-hybridized carbons (Fsp3) is 0.529. The molecule has 1 N–H and O–H groups in total. The molecule has 0 fully saturated rings. The molecule has 21 heavy (non-hydrogen) atoms. The maximum atomic E-state index is 10.9. The van der Waals surface area contributed by atoms with Crippen molar-refractivity contribution in [1.29, 1.82) is 0 Å². The third kappa shape index (κ3) is 4.31. The first-order valence-corrected chi connectivity index (χ1v) is 7.76. The van der Waals surface area contributed by atoms with Crippen LogP contribution in [0.25, 0.3) is 11.0 Å². The molecule has 1 aromatic carbocycles. The number of amides is 1. The summed E-state index contributed by atoms with van der Waals surface area (Å²) in [5, 5.41) is 2.84. The van der Waals surface area contributed by atoms with Crippen LogP contribution in [0.2, 0.25) is 0 Å². The van der Waals surface area contributed by atoms with Crippen molar-refractivity contribution in [2.45, 2.75) is 46.6 Å². The van der Waals surface area contributed by atoms with Gasteiger partial charge in [-0.15, -0.1) is 0 Å². The summed E-state index contributed by atoms with van der Waals surface area (Å²) in [5.74, 6) is 1.84. The van der Waals surface area contributed by atoms with E-state index < -0.39 is 0 Å². The molecule has 0 aliphatic heterocycles. The molecule has 4 nitrogen and oxygen atoms in total. The van der Waals surface area contributed by atoms with Crippen LogP contribution >= 0.6 is 0 Å². The van der Waals surface area contributed by atoms with Gasteiger partial charge in [0.15, 0.2) is 0 Å². The number of aromatic nitrogens is 2. The number of rotatable bonds is 7.